The highest BCUT2D eigenvalue weighted by atomic mass is 16.6. The van der Waals surface area contributed by atoms with Gasteiger partial charge in [-0.25, -0.2) is 0 Å². The smallest absolute Gasteiger partial charge is 0.269 e. The highest BCUT2D eigenvalue weighted by Crippen LogP contribution is 2.35. The van der Waals surface area contributed by atoms with E-state index in [-0.39, 0.29) is 29.9 Å². The number of benzene rings is 4. The lowest BCUT2D eigenvalue weighted by Crippen LogP contribution is -2.27. The summed E-state index contributed by atoms with van der Waals surface area (Å²) in [5.41, 5.74) is 5.09. The summed E-state index contributed by atoms with van der Waals surface area (Å²) in [6.07, 6.45) is 2.85. The minimum atomic E-state index is -0.400. The number of aromatic amines is 1. The summed E-state index contributed by atoms with van der Waals surface area (Å²) in [4.78, 5) is 27.6. The summed E-state index contributed by atoms with van der Waals surface area (Å²) in [6, 6.07) is 35.1. The van der Waals surface area contributed by atoms with E-state index in [9.17, 15) is 14.9 Å². The molecule has 0 radical (unpaired) electrons. The van der Waals surface area contributed by atoms with E-state index in [2.05, 4.69) is 34.6 Å². The number of nitrogens with one attached hydrogen (secondary N) is 2. The zero-order valence-corrected chi connectivity index (χ0v) is 20.9. The van der Waals surface area contributed by atoms with E-state index < -0.39 is 4.92 Å². The number of carbonyl (C=O) groups excluding carboxylic acids is 1. The molecule has 1 heterocycles. The molecule has 0 bridgehead atoms. The molecule has 1 aromatic heterocycles. The Morgan fingerprint density at radius 2 is 1.42 bits per heavy atom. The zero-order chi connectivity index (χ0) is 26.3. The summed E-state index contributed by atoms with van der Waals surface area (Å²) in [5, 5.41) is 15.6. The van der Waals surface area contributed by atoms with E-state index in [4.69, 9.17) is 0 Å². The SMILES string of the molecule is O=C(C[C@@H](c1cccc([N+](=O)[O-])c1)c1c[nH]c2ccccc12)NCCC(c1ccccc1)c1ccccc1. The number of carbonyl (C=O) groups is 1. The van der Waals surface area contributed by atoms with Crippen LogP contribution in [0, 0.1) is 10.1 Å². The highest BCUT2D eigenvalue weighted by Gasteiger charge is 2.23. The summed E-state index contributed by atoms with van der Waals surface area (Å²) in [6.45, 7) is 0.517. The first-order valence-corrected chi connectivity index (χ1v) is 12.8. The molecule has 1 atom stereocenters. The fourth-order valence-corrected chi connectivity index (χ4v) is 5.15. The standard InChI is InChI=1S/C32H29N3O3/c36-32(33-19-18-27(23-10-3-1-4-11-23)24-12-5-2-6-13-24)21-29(25-14-9-15-26(20-25)35(37)38)30-22-34-31-17-8-7-16-28(30)31/h1-17,20,22,27,29,34H,18-19,21H2,(H,33,36)/t29-/m0/s1. The van der Waals surface area contributed by atoms with E-state index in [1.807, 2.05) is 72.9 Å². The maximum atomic E-state index is 13.3. The second-order valence-electron chi connectivity index (χ2n) is 9.41. The average Bonchev–Trinajstić information content (AvgIpc) is 3.39. The van der Waals surface area contributed by atoms with Crippen LogP contribution in [0.1, 0.15) is 46.9 Å². The largest absolute Gasteiger partial charge is 0.361 e. The number of hydrogen-bond donors (Lipinski definition) is 2. The predicted octanol–water partition coefficient (Wildman–Crippen LogP) is 6.94. The van der Waals surface area contributed by atoms with Gasteiger partial charge in [0.2, 0.25) is 5.91 Å². The van der Waals surface area contributed by atoms with Crippen LogP contribution in [0.5, 0.6) is 0 Å². The van der Waals surface area contributed by atoms with Gasteiger partial charge in [0.1, 0.15) is 0 Å². The first kappa shape index (κ1) is 25.0. The van der Waals surface area contributed by atoms with Gasteiger partial charge in [-0.2, -0.15) is 0 Å². The maximum absolute atomic E-state index is 13.3. The number of fused-ring (bicyclic) bond motifs is 1. The Hall–Kier alpha value is -4.71. The van der Waals surface area contributed by atoms with Crippen LogP contribution < -0.4 is 5.32 Å². The van der Waals surface area contributed by atoms with Crippen molar-refractivity contribution in [1.29, 1.82) is 0 Å². The molecule has 6 nitrogen and oxygen atoms in total. The van der Waals surface area contributed by atoms with Crippen LogP contribution in [-0.2, 0) is 4.79 Å². The number of nitro benzene ring substituents is 1. The Morgan fingerprint density at radius 1 is 0.789 bits per heavy atom. The van der Waals surface area contributed by atoms with Crippen LogP contribution >= 0.6 is 0 Å². The van der Waals surface area contributed by atoms with Crippen molar-refractivity contribution in [3.63, 3.8) is 0 Å². The van der Waals surface area contributed by atoms with Crippen LogP contribution in [0.4, 0.5) is 5.69 Å². The molecular weight excluding hydrogens is 474 g/mol. The summed E-state index contributed by atoms with van der Waals surface area (Å²) in [5.74, 6) is -0.254. The number of hydrogen-bond acceptors (Lipinski definition) is 3. The van der Waals surface area contributed by atoms with Gasteiger partial charge in [-0.05, 0) is 34.7 Å². The van der Waals surface area contributed by atoms with Crippen molar-refractivity contribution < 1.29 is 9.72 Å². The van der Waals surface area contributed by atoms with Gasteiger partial charge in [0.15, 0.2) is 0 Å². The molecule has 6 heteroatoms. The van der Waals surface area contributed by atoms with Crippen molar-refractivity contribution in [1.82, 2.24) is 10.3 Å². The van der Waals surface area contributed by atoms with E-state index in [1.165, 1.54) is 17.2 Å². The van der Waals surface area contributed by atoms with Crippen molar-refractivity contribution in [2.45, 2.75) is 24.7 Å². The molecule has 0 fully saturated rings. The fraction of sp³-hybridized carbons (Fsp3) is 0.156. The molecule has 5 aromatic rings. The molecular formula is C32H29N3O3. The topological polar surface area (TPSA) is 88.0 Å². The van der Waals surface area contributed by atoms with Gasteiger partial charge in [-0.3, -0.25) is 14.9 Å². The van der Waals surface area contributed by atoms with Crippen molar-refractivity contribution in [2.75, 3.05) is 6.54 Å². The maximum Gasteiger partial charge on any atom is 0.269 e. The van der Waals surface area contributed by atoms with Crippen molar-refractivity contribution >= 4 is 22.5 Å². The number of H-pyrrole nitrogens is 1. The molecule has 38 heavy (non-hydrogen) atoms. The molecule has 0 aliphatic carbocycles. The molecule has 5 rings (SSSR count). The fourth-order valence-electron chi connectivity index (χ4n) is 5.15. The van der Waals surface area contributed by atoms with Crippen molar-refractivity contribution in [3.8, 4) is 0 Å². The lowest BCUT2D eigenvalue weighted by atomic mass is 9.87. The van der Waals surface area contributed by atoms with Gasteiger partial charge in [-0.1, -0.05) is 91.0 Å². The lowest BCUT2D eigenvalue weighted by Gasteiger charge is -2.20. The first-order chi connectivity index (χ1) is 18.6. The molecule has 4 aromatic carbocycles. The quantitative estimate of drug-likeness (QED) is 0.160. The second kappa shape index (κ2) is 11.6. The molecule has 0 saturated heterocycles. The van der Waals surface area contributed by atoms with Crippen molar-refractivity contribution in [2.24, 2.45) is 0 Å². The average molecular weight is 504 g/mol. The minimum absolute atomic E-state index is 0.0151. The molecule has 0 unspecified atom stereocenters. The van der Waals surface area contributed by atoms with Gasteiger partial charge in [0, 0.05) is 54.0 Å². The van der Waals surface area contributed by atoms with Gasteiger partial charge < -0.3 is 10.3 Å². The Morgan fingerprint density at radius 3 is 2.11 bits per heavy atom. The molecule has 190 valence electrons. The lowest BCUT2D eigenvalue weighted by molar-refractivity contribution is -0.384. The Labute approximate surface area is 221 Å². The first-order valence-electron chi connectivity index (χ1n) is 12.8. The minimum Gasteiger partial charge on any atom is -0.361 e. The number of nitro groups is 1. The molecule has 0 aliphatic heterocycles. The van der Waals surface area contributed by atoms with E-state index in [0.717, 1.165) is 28.5 Å². The third-order valence-electron chi connectivity index (χ3n) is 7.03. The number of aromatic nitrogens is 1. The third kappa shape index (κ3) is 5.65. The summed E-state index contributed by atoms with van der Waals surface area (Å²) >= 11 is 0. The van der Waals surface area contributed by atoms with Gasteiger partial charge >= 0.3 is 0 Å². The Bertz CT molecular complexity index is 1490. The molecule has 2 N–H and O–H groups in total. The number of rotatable bonds is 10. The normalized spacial score (nSPS) is 11.9. The highest BCUT2D eigenvalue weighted by molar-refractivity contribution is 5.86. The number of para-hydroxylation sites is 1. The van der Waals surface area contributed by atoms with Crippen LogP contribution in [0.25, 0.3) is 10.9 Å². The van der Waals surface area contributed by atoms with Crippen molar-refractivity contribution in [3.05, 3.63) is 148 Å². The van der Waals surface area contributed by atoms with Crippen LogP contribution in [0.3, 0.4) is 0 Å². The monoisotopic (exact) mass is 503 g/mol. The molecule has 0 spiro atoms. The third-order valence-corrected chi connectivity index (χ3v) is 7.03. The summed E-state index contributed by atoms with van der Waals surface area (Å²) in [7, 11) is 0. The number of non-ortho nitro benzene ring substituents is 1. The Kier molecular flexibility index (Phi) is 7.59. The predicted molar refractivity (Wildman–Crippen MR) is 150 cm³/mol. The van der Waals surface area contributed by atoms with E-state index in [0.29, 0.717) is 6.54 Å². The number of nitrogens with zero attached hydrogens (tertiary/aromatic N) is 1. The van der Waals surface area contributed by atoms with Crippen LogP contribution in [0.15, 0.2) is 115 Å². The van der Waals surface area contributed by atoms with Crippen LogP contribution in [0.2, 0.25) is 0 Å². The summed E-state index contributed by atoms with van der Waals surface area (Å²) < 4.78 is 0. The van der Waals surface area contributed by atoms with Gasteiger partial charge in [-0.15, -0.1) is 0 Å². The second-order valence-corrected chi connectivity index (χ2v) is 9.41. The molecule has 0 aliphatic rings. The van der Waals surface area contributed by atoms with E-state index >= 15 is 0 Å². The molecule has 1 amide bonds. The van der Waals surface area contributed by atoms with Gasteiger partial charge in [0.05, 0.1) is 4.92 Å². The van der Waals surface area contributed by atoms with Crippen LogP contribution in [-0.4, -0.2) is 22.4 Å². The number of amides is 1. The van der Waals surface area contributed by atoms with Gasteiger partial charge in [0.25, 0.3) is 5.69 Å². The molecule has 0 saturated carbocycles. The van der Waals surface area contributed by atoms with E-state index in [1.54, 1.807) is 12.1 Å². The zero-order valence-electron chi connectivity index (χ0n) is 20.9. The Balaban J connectivity index is 1.35.